The monoisotopic (exact) mass is 283 g/mol. The van der Waals surface area contributed by atoms with Crippen LogP contribution in [0.5, 0.6) is 0 Å². The normalized spacial score (nSPS) is 34.6. The zero-order chi connectivity index (χ0) is 14.7. The van der Waals surface area contributed by atoms with Crippen LogP contribution in [0.25, 0.3) is 0 Å². The van der Waals surface area contributed by atoms with Crippen molar-refractivity contribution in [3.8, 4) is 0 Å². The van der Waals surface area contributed by atoms with Gasteiger partial charge in [-0.1, -0.05) is 12.8 Å². The quantitative estimate of drug-likeness (QED) is 0.708. The number of amides is 2. The molecule has 1 aliphatic heterocycles. The zero-order valence-corrected chi connectivity index (χ0v) is 12.0. The predicted octanol–water partition coefficient (Wildman–Crippen LogP) is 1.15. The summed E-state index contributed by atoms with van der Waals surface area (Å²) in [5.41, 5.74) is 6.04. The van der Waals surface area contributed by atoms with Gasteiger partial charge in [-0.2, -0.15) is 0 Å². The highest BCUT2D eigenvalue weighted by molar-refractivity contribution is 5.76. The van der Waals surface area contributed by atoms with E-state index in [0.717, 1.165) is 25.7 Å². The van der Waals surface area contributed by atoms with Gasteiger partial charge in [0.05, 0.1) is 5.92 Å². The van der Waals surface area contributed by atoms with E-state index in [1.54, 1.807) is 4.90 Å². The fourth-order valence-electron chi connectivity index (χ4n) is 3.28. The Hall–Kier alpha value is -1.30. The van der Waals surface area contributed by atoms with E-state index in [2.05, 4.69) is 5.32 Å². The molecule has 6 heteroatoms. The number of nitrogens with zero attached hydrogens (tertiary/aromatic N) is 1. The van der Waals surface area contributed by atoms with E-state index >= 15 is 0 Å². The van der Waals surface area contributed by atoms with Gasteiger partial charge < -0.3 is 21.1 Å². The van der Waals surface area contributed by atoms with Gasteiger partial charge in [0.2, 0.25) is 0 Å². The maximum absolute atomic E-state index is 12.3. The molecule has 1 saturated heterocycles. The molecule has 4 unspecified atom stereocenters. The third-order valence-electron chi connectivity index (χ3n) is 4.61. The lowest BCUT2D eigenvalue weighted by molar-refractivity contribution is -0.143. The van der Waals surface area contributed by atoms with Crippen LogP contribution < -0.4 is 11.1 Å². The molecule has 4 N–H and O–H groups in total. The number of hydrogen-bond acceptors (Lipinski definition) is 3. The van der Waals surface area contributed by atoms with Gasteiger partial charge in [0, 0.05) is 24.7 Å². The molecule has 0 radical (unpaired) electrons. The second-order valence-corrected chi connectivity index (χ2v) is 6.11. The van der Waals surface area contributed by atoms with Gasteiger partial charge in [-0.05, 0) is 32.6 Å². The molecule has 0 aromatic heterocycles. The standard InChI is InChI=1S/C14H25N3O3/c1-9-8-10(13(18)19)6-7-17(9)14(20)16-12-5-3-2-4-11(12)15/h9-12H,2-8,15H2,1H3,(H,16,20)(H,18,19). The third kappa shape index (κ3) is 3.42. The predicted molar refractivity (Wildman–Crippen MR) is 75.3 cm³/mol. The van der Waals surface area contributed by atoms with Gasteiger partial charge in [-0.3, -0.25) is 4.79 Å². The van der Waals surface area contributed by atoms with Crippen molar-refractivity contribution in [1.29, 1.82) is 0 Å². The van der Waals surface area contributed by atoms with Crippen LogP contribution in [0.4, 0.5) is 4.79 Å². The highest BCUT2D eigenvalue weighted by Gasteiger charge is 2.33. The highest BCUT2D eigenvalue weighted by atomic mass is 16.4. The van der Waals surface area contributed by atoms with Crippen molar-refractivity contribution in [3.05, 3.63) is 0 Å². The average molecular weight is 283 g/mol. The molecule has 2 rings (SSSR count). The van der Waals surface area contributed by atoms with Crippen molar-refractivity contribution < 1.29 is 14.7 Å². The fourth-order valence-corrected chi connectivity index (χ4v) is 3.28. The number of likely N-dealkylation sites (tertiary alicyclic amines) is 1. The topological polar surface area (TPSA) is 95.7 Å². The molecule has 20 heavy (non-hydrogen) atoms. The minimum atomic E-state index is -0.758. The van der Waals surface area contributed by atoms with Gasteiger partial charge in [0.25, 0.3) is 0 Å². The SMILES string of the molecule is CC1CC(C(=O)O)CCN1C(=O)NC1CCCCC1N. The fraction of sp³-hybridized carbons (Fsp3) is 0.857. The Bertz CT molecular complexity index is 375. The highest BCUT2D eigenvalue weighted by Crippen LogP contribution is 2.24. The molecule has 1 heterocycles. The minimum absolute atomic E-state index is 0.0373. The lowest BCUT2D eigenvalue weighted by Gasteiger charge is -2.38. The number of nitrogens with two attached hydrogens (primary N) is 1. The molecule has 0 bridgehead atoms. The molecule has 1 aliphatic carbocycles. The van der Waals surface area contributed by atoms with Crippen molar-refractivity contribution in [2.75, 3.05) is 6.54 Å². The third-order valence-corrected chi connectivity index (χ3v) is 4.61. The van der Waals surface area contributed by atoms with Crippen molar-refractivity contribution in [1.82, 2.24) is 10.2 Å². The number of carboxylic acids is 1. The maximum atomic E-state index is 12.3. The second kappa shape index (κ2) is 6.43. The molecule has 1 saturated carbocycles. The summed E-state index contributed by atoms with van der Waals surface area (Å²) in [7, 11) is 0. The van der Waals surface area contributed by atoms with Crippen LogP contribution in [0.15, 0.2) is 0 Å². The van der Waals surface area contributed by atoms with E-state index < -0.39 is 5.97 Å². The number of hydrogen-bond donors (Lipinski definition) is 3. The van der Waals surface area contributed by atoms with Gasteiger partial charge in [0.15, 0.2) is 0 Å². The maximum Gasteiger partial charge on any atom is 0.317 e. The molecule has 6 nitrogen and oxygen atoms in total. The summed E-state index contributed by atoms with van der Waals surface area (Å²) < 4.78 is 0. The largest absolute Gasteiger partial charge is 0.481 e. The van der Waals surface area contributed by atoms with E-state index in [1.165, 1.54) is 0 Å². The number of nitrogens with one attached hydrogen (secondary N) is 1. The Morgan fingerprint density at radius 3 is 2.55 bits per heavy atom. The molecule has 0 aromatic rings. The molecule has 2 amide bonds. The van der Waals surface area contributed by atoms with Crippen molar-refractivity contribution >= 4 is 12.0 Å². The number of urea groups is 1. The number of carbonyl (C=O) groups excluding carboxylic acids is 1. The van der Waals surface area contributed by atoms with Crippen LogP contribution in [0, 0.1) is 5.92 Å². The van der Waals surface area contributed by atoms with Crippen LogP contribution in [-0.4, -0.2) is 46.7 Å². The summed E-state index contributed by atoms with van der Waals surface area (Å²) in [6.07, 6.45) is 5.20. The van der Waals surface area contributed by atoms with Gasteiger partial charge in [-0.15, -0.1) is 0 Å². The van der Waals surface area contributed by atoms with Gasteiger partial charge in [0.1, 0.15) is 0 Å². The lowest BCUT2D eigenvalue weighted by Crippen LogP contribution is -2.56. The average Bonchev–Trinajstić information content (AvgIpc) is 2.41. The molecule has 114 valence electrons. The summed E-state index contributed by atoms with van der Waals surface area (Å²) in [6, 6.07) is -0.0337. The van der Waals surface area contributed by atoms with E-state index in [4.69, 9.17) is 10.8 Å². The first-order chi connectivity index (χ1) is 9.49. The van der Waals surface area contributed by atoms with Crippen LogP contribution in [0.3, 0.4) is 0 Å². The molecule has 0 spiro atoms. The first-order valence-electron chi connectivity index (χ1n) is 7.54. The molecule has 2 fully saturated rings. The summed E-state index contributed by atoms with van der Waals surface area (Å²) in [5, 5.41) is 12.1. The summed E-state index contributed by atoms with van der Waals surface area (Å²) in [6.45, 7) is 2.42. The number of piperidine rings is 1. The Morgan fingerprint density at radius 2 is 1.95 bits per heavy atom. The van der Waals surface area contributed by atoms with Crippen molar-refractivity contribution in [2.45, 2.75) is 63.6 Å². The van der Waals surface area contributed by atoms with Gasteiger partial charge >= 0.3 is 12.0 Å². The number of carbonyl (C=O) groups is 2. The van der Waals surface area contributed by atoms with Crippen LogP contribution in [-0.2, 0) is 4.79 Å². The van der Waals surface area contributed by atoms with E-state index in [9.17, 15) is 9.59 Å². The Kier molecular flexibility index (Phi) is 4.86. The Labute approximate surface area is 119 Å². The van der Waals surface area contributed by atoms with Crippen LogP contribution in [0.1, 0.15) is 45.4 Å². The van der Waals surface area contributed by atoms with E-state index in [0.29, 0.717) is 19.4 Å². The lowest BCUT2D eigenvalue weighted by atomic mass is 9.90. The number of carboxylic acid groups (broad SMARTS) is 1. The number of aliphatic carboxylic acids is 1. The molecule has 2 aliphatic rings. The van der Waals surface area contributed by atoms with Crippen LogP contribution in [0.2, 0.25) is 0 Å². The van der Waals surface area contributed by atoms with E-state index in [1.807, 2.05) is 6.92 Å². The Morgan fingerprint density at radius 1 is 1.25 bits per heavy atom. The minimum Gasteiger partial charge on any atom is -0.481 e. The first-order valence-corrected chi connectivity index (χ1v) is 7.54. The molecular formula is C14H25N3O3. The number of rotatable bonds is 2. The van der Waals surface area contributed by atoms with Gasteiger partial charge in [-0.25, -0.2) is 4.79 Å². The summed E-state index contributed by atoms with van der Waals surface area (Å²) in [5.74, 6) is -1.09. The molecule has 4 atom stereocenters. The second-order valence-electron chi connectivity index (χ2n) is 6.11. The first kappa shape index (κ1) is 15.1. The molecular weight excluding hydrogens is 258 g/mol. The van der Waals surface area contributed by atoms with Crippen molar-refractivity contribution in [3.63, 3.8) is 0 Å². The van der Waals surface area contributed by atoms with Crippen molar-refractivity contribution in [2.24, 2.45) is 11.7 Å². The zero-order valence-electron chi connectivity index (χ0n) is 12.0. The molecule has 0 aromatic carbocycles. The van der Waals surface area contributed by atoms with Crippen LogP contribution >= 0.6 is 0 Å². The Balaban J connectivity index is 1.88. The van der Waals surface area contributed by atoms with E-state index in [-0.39, 0.29) is 30.1 Å². The summed E-state index contributed by atoms with van der Waals surface area (Å²) in [4.78, 5) is 25.1. The smallest absolute Gasteiger partial charge is 0.317 e. The summed E-state index contributed by atoms with van der Waals surface area (Å²) >= 11 is 0.